The molecule has 2 aromatic rings. The third kappa shape index (κ3) is 3.67. The Labute approximate surface area is 126 Å². The van der Waals surface area contributed by atoms with E-state index in [-0.39, 0.29) is 21.6 Å². The molecule has 0 radical (unpaired) electrons. The average Bonchev–Trinajstić information content (AvgIpc) is 2.46. The van der Waals surface area contributed by atoms with Crippen molar-refractivity contribution in [3.63, 3.8) is 0 Å². The molecule has 2 rings (SSSR count). The summed E-state index contributed by atoms with van der Waals surface area (Å²) in [6.07, 6.45) is 1.33. The van der Waals surface area contributed by atoms with Crippen LogP contribution < -0.4 is 4.72 Å². The number of nitrogens with zero attached hydrogens (tertiary/aromatic N) is 2. The molecule has 0 aliphatic carbocycles. The van der Waals surface area contributed by atoms with E-state index in [0.29, 0.717) is 0 Å². The maximum Gasteiger partial charge on any atom is 0.337 e. The fraction of sp³-hybridized carbons (Fsp3) is 0.0833. The predicted molar refractivity (Wildman–Crippen MR) is 75.6 cm³/mol. The highest BCUT2D eigenvalue weighted by Gasteiger charge is 2.16. The summed E-state index contributed by atoms with van der Waals surface area (Å²) in [6.45, 7) is 0. The number of esters is 1. The number of rotatable bonds is 4. The minimum absolute atomic E-state index is 0.0233. The highest BCUT2D eigenvalue weighted by atomic mass is 35.5. The van der Waals surface area contributed by atoms with E-state index in [2.05, 4.69) is 19.4 Å². The molecule has 1 aromatic carbocycles. The van der Waals surface area contributed by atoms with Gasteiger partial charge in [0.15, 0.2) is 0 Å². The largest absolute Gasteiger partial charge is 0.465 e. The van der Waals surface area contributed by atoms with Gasteiger partial charge in [0.25, 0.3) is 10.0 Å². The van der Waals surface area contributed by atoms with Crippen molar-refractivity contribution < 1.29 is 17.9 Å². The third-order valence-corrected chi connectivity index (χ3v) is 4.00. The molecule has 0 aliphatic heterocycles. The molecule has 0 unspecified atom stereocenters. The summed E-state index contributed by atoms with van der Waals surface area (Å²) >= 11 is 5.58. The lowest BCUT2D eigenvalue weighted by atomic mass is 10.2. The molecule has 1 N–H and O–H groups in total. The Kier molecular flexibility index (Phi) is 4.39. The number of methoxy groups -OCH3 is 1. The number of ether oxygens (including phenoxy) is 1. The van der Waals surface area contributed by atoms with E-state index in [1.165, 1.54) is 43.6 Å². The van der Waals surface area contributed by atoms with Gasteiger partial charge in [-0.3, -0.25) is 4.72 Å². The van der Waals surface area contributed by atoms with Crippen LogP contribution in [0, 0.1) is 0 Å². The highest BCUT2D eigenvalue weighted by Crippen LogP contribution is 2.16. The van der Waals surface area contributed by atoms with Gasteiger partial charge in [0.2, 0.25) is 5.28 Å². The molecule has 0 fully saturated rings. The Balaban J connectivity index is 2.25. The van der Waals surface area contributed by atoms with Gasteiger partial charge in [-0.25, -0.2) is 18.2 Å². The van der Waals surface area contributed by atoms with Crippen LogP contribution in [0.3, 0.4) is 0 Å². The Hall–Kier alpha value is -2.19. The Morgan fingerprint density at radius 3 is 2.48 bits per heavy atom. The van der Waals surface area contributed by atoms with Gasteiger partial charge in [-0.2, -0.15) is 4.98 Å². The number of sulfonamides is 1. The van der Waals surface area contributed by atoms with Crippen LogP contribution >= 0.6 is 11.6 Å². The fourth-order valence-corrected chi connectivity index (χ4v) is 2.63. The molecule has 0 saturated heterocycles. The molecule has 9 heteroatoms. The van der Waals surface area contributed by atoms with Gasteiger partial charge >= 0.3 is 5.97 Å². The lowest BCUT2D eigenvalue weighted by molar-refractivity contribution is 0.0600. The first-order valence-electron chi connectivity index (χ1n) is 5.62. The molecule has 7 nitrogen and oxygen atoms in total. The molecule has 0 aliphatic rings. The van der Waals surface area contributed by atoms with Gasteiger partial charge in [0.05, 0.1) is 17.6 Å². The molecule has 110 valence electrons. The van der Waals surface area contributed by atoms with E-state index in [0.717, 1.165) is 0 Å². The van der Waals surface area contributed by atoms with Gasteiger partial charge in [0.1, 0.15) is 5.82 Å². The smallest absolute Gasteiger partial charge is 0.337 e. The molecule has 0 amide bonds. The molecule has 1 aromatic heterocycles. The number of benzene rings is 1. The van der Waals surface area contributed by atoms with E-state index in [9.17, 15) is 13.2 Å². The van der Waals surface area contributed by atoms with Crippen molar-refractivity contribution in [3.8, 4) is 0 Å². The minimum Gasteiger partial charge on any atom is -0.465 e. The SMILES string of the molecule is COC(=O)c1ccc(S(=O)(=O)Nc2ccnc(Cl)n2)cc1. The average molecular weight is 328 g/mol. The van der Waals surface area contributed by atoms with Crippen molar-refractivity contribution in [2.75, 3.05) is 11.8 Å². The van der Waals surface area contributed by atoms with Crippen LogP contribution in [0.2, 0.25) is 5.28 Å². The predicted octanol–water partition coefficient (Wildman–Crippen LogP) is 1.72. The summed E-state index contributed by atoms with van der Waals surface area (Å²) in [5.41, 5.74) is 0.251. The molecule has 0 atom stereocenters. The van der Waals surface area contributed by atoms with Crippen molar-refractivity contribution in [1.82, 2.24) is 9.97 Å². The standard InChI is InChI=1S/C12H10ClN3O4S/c1-20-11(17)8-2-4-9(5-3-8)21(18,19)16-10-6-7-14-12(13)15-10/h2-7H,1H3,(H,14,15,16). The van der Waals surface area contributed by atoms with Crippen LogP contribution in [-0.4, -0.2) is 31.5 Å². The van der Waals surface area contributed by atoms with Gasteiger partial charge < -0.3 is 4.74 Å². The van der Waals surface area contributed by atoms with Crippen LogP contribution in [0.25, 0.3) is 0 Å². The lowest BCUT2D eigenvalue weighted by Crippen LogP contribution is -2.14. The summed E-state index contributed by atoms with van der Waals surface area (Å²) in [5.74, 6) is -0.499. The number of hydrogen-bond donors (Lipinski definition) is 1. The number of nitrogens with one attached hydrogen (secondary N) is 1. The van der Waals surface area contributed by atoms with Gasteiger partial charge in [0, 0.05) is 6.20 Å². The molecule has 21 heavy (non-hydrogen) atoms. The van der Waals surface area contributed by atoms with Crippen LogP contribution in [0.4, 0.5) is 5.82 Å². The van der Waals surface area contributed by atoms with Crippen molar-refractivity contribution in [1.29, 1.82) is 0 Å². The zero-order valence-corrected chi connectivity index (χ0v) is 12.4. The van der Waals surface area contributed by atoms with Crippen LogP contribution in [0.1, 0.15) is 10.4 Å². The summed E-state index contributed by atoms with van der Waals surface area (Å²) in [7, 11) is -2.59. The second kappa shape index (κ2) is 6.06. The minimum atomic E-state index is -3.83. The monoisotopic (exact) mass is 327 g/mol. The first kappa shape index (κ1) is 15.2. The van der Waals surface area contributed by atoms with Crippen molar-refractivity contribution in [3.05, 3.63) is 47.4 Å². The topological polar surface area (TPSA) is 98.2 Å². The molecule has 0 bridgehead atoms. The van der Waals surface area contributed by atoms with Crippen molar-refractivity contribution in [2.24, 2.45) is 0 Å². The molecular formula is C12H10ClN3O4S. The fourth-order valence-electron chi connectivity index (χ4n) is 1.48. The lowest BCUT2D eigenvalue weighted by Gasteiger charge is -2.07. The first-order valence-corrected chi connectivity index (χ1v) is 7.48. The van der Waals surface area contributed by atoms with E-state index in [1.54, 1.807) is 0 Å². The number of carbonyl (C=O) groups is 1. The Bertz CT molecular complexity index is 762. The quantitative estimate of drug-likeness (QED) is 0.678. The highest BCUT2D eigenvalue weighted by molar-refractivity contribution is 7.92. The van der Waals surface area contributed by atoms with E-state index < -0.39 is 16.0 Å². The third-order valence-electron chi connectivity index (χ3n) is 2.45. The normalized spacial score (nSPS) is 11.0. The molecule has 1 heterocycles. The zero-order chi connectivity index (χ0) is 15.5. The number of carbonyl (C=O) groups excluding carboxylic acids is 1. The number of hydrogen-bond acceptors (Lipinski definition) is 6. The van der Waals surface area contributed by atoms with E-state index in [1.807, 2.05) is 0 Å². The molecule has 0 spiro atoms. The number of halogens is 1. The zero-order valence-electron chi connectivity index (χ0n) is 10.8. The first-order chi connectivity index (χ1) is 9.92. The van der Waals surface area contributed by atoms with E-state index in [4.69, 9.17) is 11.6 Å². The van der Waals surface area contributed by atoms with Crippen LogP contribution in [-0.2, 0) is 14.8 Å². The van der Waals surface area contributed by atoms with Crippen molar-refractivity contribution in [2.45, 2.75) is 4.90 Å². The van der Waals surface area contributed by atoms with Gasteiger partial charge in [-0.05, 0) is 41.9 Å². The van der Waals surface area contributed by atoms with Gasteiger partial charge in [-0.1, -0.05) is 0 Å². The second-order valence-corrected chi connectivity index (χ2v) is 5.85. The molecular weight excluding hydrogens is 318 g/mol. The summed E-state index contributed by atoms with van der Waals surface area (Å²) in [4.78, 5) is 18.6. The maximum absolute atomic E-state index is 12.1. The number of anilines is 1. The Morgan fingerprint density at radius 2 is 1.90 bits per heavy atom. The maximum atomic E-state index is 12.1. The van der Waals surface area contributed by atoms with E-state index >= 15 is 0 Å². The Morgan fingerprint density at radius 1 is 1.24 bits per heavy atom. The molecule has 0 saturated carbocycles. The van der Waals surface area contributed by atoms with Crippen LogP contribution in [0.5, 0.6) is 0 Å². The number of aromatic nitrogens is 2. The summed E-state index contributed by atoms with van der Waals surface area (Å²) in [5, 5.41) is -0.0729. The van der Waals surface area contributed by atoms with Crippen LogP contribution in [0.15, 0.2) is 41.4 Å². The summed E-state index contributed by atoms with van der Waals surface area (Å²) in [6, 6.07) is 6.65. The van der Waals surface area contributed by atoms with Gasteiger partial charge in [-0.15, -0.1) is 0 Å². The second-order valence-electron chi connectivity index (χ2n) is 3.83. The van der Waals surface area contributed by atoms with Crippen molar-refractivity contribution >= 4 is 33.4 Å². The summed E-state index contributed by atoms with van der Waals surface area (Å²) < 4.78 is 31.1.